The largest absolute Gasteiger partial charge is 0.343 e. The van der Waals surface area contributed by atoms with E-state index in [-0.39, 0.29) is 18.3 Å². The standard InChI is InChI=1S/C17H13Cl2N3O.ClH/c18-11-3-1-10(2-4-11)17(23)22-6-5-15-14(9-22)13-7-12(19)8-20-16(13)21-15;/h1-4,7-8H,5-6,9H2,(H,20,21);1H. The van der Waals surface area contributed by atoms with Crippen LogP contribution in [0.3, 0.4) is 0 Å². The third kappa shape index (κ3) is 2.97. The van der Waals surface area contributed by atoms with Crippen molar-refractivity contribution >= 4 is 52.5 Å². The number of aromatic nitrogens is 2. The molecule has 1 aliphatic heterocycles. The number of hydrogen-bond donors (Lipinski definition) is 1. The van der Waals surface area contributed by atoms with Gasteiger partial charge in [-0.15, -0.1) is 12.4 Å². The van der Waals surface area contributed by atoms with Crippen LogP contribution in [0.4, 0.5) is 0 Å². The van der Waals surface area contributed by atoms with Crippen LogP contribution in [-0.2, 0) is 13.0 Å². The van der Waals surface area contributed by atoms with E-state index < -0.39 is 0 Å². The smallest absolute Gasteiger partial charge is 0.254 e. The van der Waals surface area contributed by atoms with Crippen LogP contribution in [-0.4, -0.2) is 27.3 Å². The number of hydrogen-bond acceptors (Lipinski definition) is 2. The third-order valence-corrected chi connectivity index (χ3v) is 4.63. The first-order chi connectivity index (χ1) is 11.1. The number of carbonyl (C=O) groups is 1. The number of aromatic amines is 1. The Bertz CT molecular complexity index is 905. The normalized spacial score (nSPS) is 13.5. The van der Waals surface area contributed by atoms with E-state index in [0.29, 0.717) is 28.7 Å². The molecule has 7 heteroatoms. The number of halogens is 3. The second-order valence-electron chi connectivity index (χ2n) is 5.62. The number of nitrogens with one attached hydrogen (secondary N) is 1. The van der Waals surface area contributed by atoms with E-state index in [2.05, 4.69) is 9.97 Å². The topological polar surface area (TPSA) is 49.0 Å². The van der Waals surface area contributed by atoms with Crippen molar-refractivity contribution in [2.24, 2.45) is 0 Å². The fraction of sp³-hybridized carbons (Fsp3) is 0.176. The third-order valence-electron chi connectivity index (χ3n) is 4.17. The molecule has 0 aliphatic carbocycles. The Balaban J connectivity index is 0.00000169. The molecular formula is C17H14Cl3N3O. The molecule has 0 bridgehead atoms. The average molecular weight is 383 g/mol. The Morgan fingerprint density at radius 3 is 2.67 bits per heavy atom. The molecule has 0 fully saturated rings. The minimum atomic E-state index is 0. The molecule has 24 heavy (non-hydrogen) atoms. The maximum absolute atomic E-state index is 12.7. The molecular weight excluding hydrogens is 369 g/mol. The summed E-state index contributed by atoms with van der Waals surface area (Å²) in [6.07, 6.45) is 2.41. The van der Waals surface area contributed by atoms with Gasteiger partial charge in [-0.2, -0.15) is 0 Å². The summed E-state index contributed by atoms with van der Waals surface area (Å²) in [5, 5.41) is 2.21. The maximum atomic E-state index is 12.7. The van der Waals surface area contributed by atoms with Crippen LogP contribution in [0.2, 0.25) is 10.0 Å². The Hall–Kier alpha value is -1.75. The molecule has 0 radical (unpaired) electrons. The molecule has 2 aromatic heterocycles. The molecule has 3 heterocycles. The van der Waals surface area contributed by atoms with Crippen LogP contribution in [0.15, 0.2) is 36.5 Å². The van der Waals surface area contributed by atoms with Gasteiger partial charge in [0.15, 0.2) is 0 Å². The summed E-state index contributed by atoms with van der Waals surface area (Å²) in [4.78, 5) is 22.2. The zero-order valence-electron chi connectivity index (χ0n) is 12.6. The van der Waals surface area contributed by atoms with Gasteiger partial charge in [-0.25, -0.2) is 4.98 Å². The number of rotatable bonds is 1. The van der Waals surface area contributed by atoms with Gasteiger partial charge in [-0.1, -0.05) is 23.2 Å². The Labute approximate surface area is 155 Å². The molecule has 0 saturated heterocycles. The number of carbonyl (C=O) groups excluding carboxylic acids is 1. The van der Waals surface area contributed by atoms with Gasteiger partial charge in [0.2, 0.25) is 0 Å². The number of pyridine rings is 1. The predicted molar refractivity (Wildman–Crippen MR) is 98.2 cm³/mol. The van der Waals surface area contributed by atoms with Crippen LogP contribution in [0, 0.1) is 0 Å². The van der Waals surface area contributed by atoms with Crippen molar-refractivity contribution < 1.29 is 4.79 Å². The first-order valence-electron chi connectivity index (χ1n) is 7.31. The van der Waals surface area contributed by atoms with E-state index in [1.807, 2.05) is 11.0 Å². The first kappa shape index (κ1) is 17.1. The molecule has 4 rings (SSSR count). The van der Waals surface area contributed by atoms with Gasteiger partial charge < -0.3 is 9.88 Å². The highest BCUT2D eigenvalue weighted by atomic mass is 35.5. The number of amides is 1. The summed E-state index contributed by atoms with van der Waals surface area (Å²) in [6.45, 7) is 1.23. The zero-order chi connectivity index (χ0) is 16.0. The number of fused-ring (bicyclic) bond motifs is 3. The minimum absolute atomic E-state index is 0. The van der Waals surface area contributed by atoms with Gasteiger partial charge in [0.1, 0.15) is 5.65 Å². The van der Waals surface area contributed by atoms with E-state index in [1.54, 1.807) is 30.5 Å². The van der Waals surface area contributed by atoms with Crippen LogP contribution in [0.25, 0.3) is 11.0 Å². The van der Waals surface area contributed by atoms with E-state index in [1.165, 1.54) is 0 Å². The quantitative estimate of drug-likeness (QED) is 0.674. The number of nitrogens with zero attached hydrogens (tertiary/aromatic N) is 2. The van der Waals surface area contributed by atoms with Crippen molar-refractivity contribution in [1.29, 1.82) is 0 Å². The summed E-state index contributed by atoms with van der Waals surface area (Å²) >= 11 is 11.9. The van der Waals surface area contributed by atoms with E-state index in [0.717, 1.165) is 28.7 Å². The van der Waals surface area contributed by atoms with Crippen molar-refractivity contribution in [1.82, 2.24) is 14.9 Å². The zero-order valence-corrected chi connectivity index (χ0v) is 14.9. The Morgan fingerprint density at radius 1 is 1.17 bits per heavy atom. The fourth-order valence-corrected chi connectivity index (χ4v) is 3.29. The first-order valence-corrected chi connectivity index (χ1v) is 8.07. The van der Waals surface area contributed by atoms with Crippen LogP contribution in [0.5, 0.6) is 0 Å². The van der Waals surface area contributed by atoms with Crippen molar-refractivity contribution in [3.8, 4) is 0 Å². The number of benzene rings is 1. The second kappa shape index (κ2) is 6.63. The van der Waals surface area contributed by atoms with Crippen LogP contribution >= 0.6 is 35.6 Å². The van der Waals surface area contributed by atoms with Crippen LogP contribution < -0.4 is 0 Å². The Morgan fingerprint density at radius 2 is 1.92 bits per heavy atom. The molecule has 0 atom stereocenters. The monoisotopic (exact) mass is 381 g/mol. The highest BCUT2D eigenvalue weighted by molar-refractivity contribution is 6.31. The molecule has 1 N–H and O–H groups in total. The molecule has 3 aromatic rings. The highest BCUT2D eigenvalue weighted by Gasteiger charge is 2.25. The van der Waals surface area contributed by atoms with Gasteiger partial charge in [-0.3, -0.25) is 4.79 Å². The predicted octanol–water partition coefficient (Wildman–Crippen LogP) is 4.49. The molecule has 0 unspecified atom stereocenters. The Kier molecular flexibility index (Phi) is 4.72. The van der Waals surface area contributed by atoms with Crippen molar-refractivity contribution in [3.63, 3.8) is 0 Å². The fourth-order valence-electron chi connectivity index (χ4n) is 3.01. The van der Waals surface area contributed by atoms with Crippen molar-refractivity contribution in [2.75, 3.05) is 6.54 Å². The molecule has 4 nitrogen and oxygen atoms in total. The van der Waals surface area contributed by atoms with Crippen molar-refractivity contribution in [2.45, 2.75) is 13.0 Å². The molecule has 0 spiro atoms. The highest BCUT2D eigenvalue weighted by Crippen LogP contribution is 2.29. The lowest BCUT2D eigenvalue weighted by molar-refractivity contribution is 0.0735. The van der Waals surface area contributed by atoms with Gasteiger partial charge in [-0.05, 0) is 30.3 Å². The van der Waals surface area contributed by atoms with E-state index in [9.17, 15) is 4.79 Å². The van der Waals surface area contributed by atoms with Gasteiger partial charge in [0.25, 0.3) is 5.91 Å². The van der Waals surface area contributed by atoms with Gasteiger partial charge >= 0.3 is 0 Å². The SMILES string of the molecule is Cl.O=C(c1ccc(Cl)cc1)N1CCc2[nH]c3ncc(Cl)cc3c2C1. The molecule has 1 amide bonds. The average Bonchev–Trinajstić information content (AvgIpc) is 2.92. The van der Waals surface area contributed by atoms with Crippen molar-refractivity contribution in [3.05, 3.63) is 63.4 Å². The number of H-pyrrole nitrogens is 1. The van der Waals surface area contributed by atoms with Gasteiger partial charge in [0, 0.05) is 52.9 Å². The lowest BCUT2D eigenvalue weighted by Gasteiger charge is -2.27. The molecule has 1 aromatic carbocycles. The van der Waals surface area contributed by atoms with Crippen LogP contribution in [0.1, 0.15) is 21.6 Å². The van der Waals surface area contributed by atoms with E-state index >= 15 is 0 Å². The lowest BCUT2D eigenvalue weighted by atomic mass is 10.0. The minimum Gasteiger partial charge on any atom is -0.343 e. The summed E-state index contributed by atoms with van der Waals surface area (Å²) in [5.74, 6) is 0.0108. The lowest BCUT2D eigenvalue weighted by Crippen LogP contribution is -2.35. The molecule has 0 saturated carbocycles. The summed E-state index contributed by atoms with van der Waals surface area (Å²) in [7, 11) is 0. The molecule has 1 aliphatic rings. The summed E-state index contributed by atoms with van der Waals surface area (Å²) in [5.41, 5.74) is 3.70. The molecule has 124 valence electrons. The van der Waals surface area contributed by atoms with Gasteiger partial charge in [0.05, 0.1) is 5.02 Å². The maximum Gasteiger partial charge on any atom is 0.254 e. The second-order valence-corrected chi connectivity index (χ2v) is 6.49. The summed E-state index contributed by atoms with van der Waals surface area (Å²) < 4.78 is 0. The summed E-state index contributed by atoms with van der Waals surface area (Å²) in [6, 6.07) is 8.89. The van der Waals surface area contributed by atoms with E-state index in [4.69, 9.17) is 23.2 Å².